The first-order valence-corrected chi connectivity index (χ1v) is 4.75. The van der Waals surface area contributed by atoms with Crippen molar-refractivity contribution in [2.24, 2.45) is 5.73 Å². The van der Waals surface area contributed by atoms with Crippen molar-refractivity contribution >= 4 is 5.91 Å². The second-order valence-electron chi connectivity index (χ2n) is 3.50. The van der Waals surface area contributed by atoms with Crippen LogP contribution < -0.4 is 11.1 Å². The highest BCUT2D eigenvalue weighted by atomic mass is 16.2. The van der Waals surface area contributed by atoms with Crippen LogP contribution in [-0.2, 0) is 6.54 Å². The van der Waals surface area contributed by atoms with Gasteiger partial charge in [-0.05, 0) is 24.5 Å². The second-order valence-corrected chi connectivity index (χ2v) is 3.50. The number of nitrogens with one attached hydrogen (secondary N) is 1. The average molecular weight is 191 g/mol. The summed E-state index contributed by atoms with van der Waals surface area (Å²) in [4.78, 5) is 15.5. The maximum atomic E-state index is 11.5. The summed E-state index contributed by atoms with van der Waals surface area (Å²) in [7, 11) is 0. The molecule has 0 aromatic carbocycles. The van der Waals surface area contributed by atoms with E-state index in [1.165, 1.54) is 0 Å². The molecule has 0 unspecified atom stereocenters. The molecule has 0 atom stereocenters. The lowest BCUT2D eigenvalue weighted by atomic mass is 10.2. The monoisotopic (exact) mass is 191 g/mol. The molecule has 0 saturated heterocycles. The number of pyridine rings is 1. The lowest BCUT2D eigenvalue weighted by Gasteiger charge is -2.02. The number of nitrogens with zero attached hydrogens (tertiary/aromatic N) is 1. The van der Waals surface area contributed by atoms with Crippen LogP contribution in [-0.4, -0.2) is 16.9 Å². The lowest BCUT2D eigenvalue weighted by Crippen LogP contribution is -2.26. The lowest BCUT2D eigenvalue weighted by molar-refractivity contribution is 0.0946. The molecule has 2 rings (SSSR count). The van der Waals surface area contributed by atoms with Crippen LogP contribution in [0.5, 0.6) is 0 Å². The Balaban J connectivity index is 2.03. The van der Waals surface area contributed by atoms with Gasteiger partial charge in [-0.15, -0.1) is 0 Å². The van der Waals surface area contributed by atoms with E-state index in [1.54, 1.807) is 12.3 Å². The van der Waals surface area contributed by atoms with E-state index in [4.69, 9.17) is 5.73 Å². The molecule has 1 amide bonds. The van der Waals surface area contributed by atoms with Crippen LogP contribution in [0.2, 0.25) is 0 Å². The van der Waals surface area contributed by atoms with Crippen molar-refractivity contribution in [2.75, 3.05) is 0 Å². The Morgan fingerprint density at radius 1 is 1.57 bits per heavy atom. The van der Waals surface area contributed by atoms with E-state index in [0.29, 0.717) is 18.3 Å². The van der Waals surface area contributed by atoms with Crippen LogP contribution in [0.4, 0.5) is 0 Å². The summed E-state index contributed by atoms with van der Waals surface area (Å²) in [5.74, 6) is -0.0870. The number of rotatable bonds is 3. The molecule has 0 radical (unpaired) electrons. The Kier molecular flexibility index (Phi) is 2.45. The van der Waals surface area contributed by atoms with Gasteiger partial charge in [0.2, 0.25) is 0 Å². The molecular formula is C10H13N3O. The molecule has 1 saturated carbocycles. The van der Waals surface area contributed by atoms with Gasteiger partial charge in [0.05, 0.1) is 0 Å². The fourth-order valence-corrected chi connectivity index (χ4v) is 1.17. The summed E-state index contributed by atoms with van der Waals surface area (Å²) >= 11 is 0. The van der Waals surface area contributed by atoms with Gasteiger partial charge >= 0.3 is 0 Å². The van der Waals surface area contributed by atoms with Gasteiger partial charge in [-0.1, -0.05) is 6.07 Å². The standard InChI is InChI=1S/C10H13N3O/c11-5-7-1-4-9(12-6-7)10(14)13-8-2-3-8/h1,4,6,8H,2-3,5,11H2,(H,13,14). The van der Waals surface area contributed by atoms with Gasteiger partial charge in [-0.2, -0.15) is 0 Å². The summed E-state index contributed by atoms with van der Waals surface area (Å²) in [6.45, 7) is 0.456. The van der Waals surface area contributed by atoms with Crippen LogP contribution in [0.1, 0.15) is 28.9 Å². The van der Waals surface area contributed by atoms with E-state index in [2.05, 4.69) is 10.3 Å². The molecule has 1 aliphatic rings. The van der Waals surface area contributed by atoms with Crippen LogP contribution >= 0.6 is 0 Å². The van der Waals surface area contributed by atoms with Gasteiger partial charge in [0, 0.05) is 18.8 Å². The Hall–Kier alpha value is -1.42. The molecule has 4 nitrogen and oxygen atoms in total. The van der Waals surface area contributed by atoms with Gasteiger partial charge in [0.25, 0.3) is 5.91 Å². The molecule has 3 N–H and O–H groups in total. The summed E-state index contributed by atoms with van der Waals surface area (Å²) in [5.41, 5.74) is 6.83. The first-order valence-electron chi connectivity index (χ1n) is 4.75. The van der Waals surface area contributed by atoms with Gasteiger partial charge < -0.3 is 11.1 Å². The van der Waals surface area contributed by atoms with Crippen molar-refractivity contribution < 1.29 is 4.79 Å². The van der Waals surface area contributed by atoms with E-state index in [9.17, 15) is 4.79 Å². The Morgan fingerprint density at radius 3 is 2.86 bits per heavy atom. The third-order valence-electron chi connectivity index (χ3n) is 2.21. The molecule has 4 heteroatoms. The van der Waals surface area contributed by atoms with Crippen LogP contribution in [0.25, 0.3) is 0 Å². The third-order valence-corrected chi connectivity index (χ3v) is 2.21. The van der Waals surface area contributed by atoms with Crippen LogP contribution in [0, 0.1) is 0 Å². The normalized spacial score (nSPS) is 15.2. The number of hydrogen-bond acceptors (Lipinski definition) is 3. The highest BCUT2D eigenvalue weighted by Crippen LogP contribution is 2.18. The van der Waals surface area contributed by atoms with E-state index in [0.717, 1.165) is 18.4 Å². The molecule has 1 aromatic heterocycles. The van der Waals surface area contributed by atoms with Gasteiger partial charge in [0.15, 0.2) is 0 Å². The van der Waals surface area contributed by atoms with Crippen molar-refractivity contribution in [3.05, 3.63) is 29.6 Å². The number of carbonyl (C=O) groups is 1. The van der Waals surface area contributed by atoms with Gasteiger partial charge in [-0.3, -0.25) is 9.78 Å². The molecule has 14 heavy (non-hydrogen) atoms. The fourth-order valence-electron chi connectivity index (χ4n) is 1.17. The summed E-state index contributed by atoms with van der Waals surface area (Å²) < 4.78 is 0. The fraction of sp³-hybridized carbons (Fsp3) is 0.400. The number of amides is 1. The quantitative estimate of drug-likeness (QED) is 0.728. The third kappa shape index (κ3) is 2.09. The zero-order chi connectivity index (χ0) is 9.97. The van der Waals surface area contributed by atoms with E-state index < -0.39 is 0 Å². The number of aromatic nitrogens is 1. The highest BCUT2D eigenvalue weighted by Gasteiger charge is 2.24. The predicted octanol–water partition coefficient (Wildman–Crippen LogP) is 0.432. The number of carbonyl (C=O) groups excluding carboxylic acids is 1. The number of nitrogens with two attached hydrogens (primary N) is 1. The largest absolute Gasteiger partial charge is 0.348 e. The minimum Gasteiger partial charge on any atom is -0.348 e. The molecule has 1 aromatic rings. The van der Waals surface area contributed by atoms with Crippen molar-refractivity contribution in [1.82, 2.24) is 10.3 Å². The minimum absolute atomic E-state index is 0.0870. The molecule has 0 spiro atoms. The predicted molar refractivity (Wildman–Crippen MR) is 52.6 cm³/mol. The Bertz CT molecular complexity index is 330. The summed E-state index contributed by atoms with van der Waals surface area (Å²) in [6.07, 6.45) is 3.82. The van der Waals surface area contributed by atoms with Crippen molar-refractivity contribution in [3.8, 4) is 0 Å². The summed E-state index contributed by atoms with van der Waals surface area (Å²) in [5, 5.41) is 2.87. The molecular weight excluding hydrogens is 178 g/mol. The molecule has 74 valence electrons. The zero-order valence-electron chi connectivity index (χ0n) is 7.86. The topological polar surface area (TPSA) is 68.0 Å². The second kappa shape index (κ2) is 3.75. The maximum Gasteiger partial charge on any atom is 0.270 e. The Labute approximate surface area is 82.5 Å². The zero-order valence-corrected chi connectivity index (χ0v) is 7.86. The Morgan fingerprint density at radius 2 is 2.36 bits per heavy atom. The van der Waals surface area contributed by atoms with Gasteiger partial charge in [-0.25, -0.2) is 0 Å². The van der Waals surface area contributed by atoms with E-state index >= 15 is 0 Å². The summed E-state index contributed by atoms with van der Waals surface area (Å²) in [6, 6.07) is 3.91. The first-order chi connectivity index (χ1) is 6.79. The van der Waals surface area contributed by atoms with E-state index in [1.807, 2.05) is 6.07 Å². The van der Waals surface area contributed by atoms with Crippen molar-refractivity contribution in [1.29, 1.82) is 0 Å². The molecule has 0 aliphatic heterocycles. The molecule has 1 fully saturated rings. The SMILES string of the molecule is NCc1ccc(C(=O)NC2CC2)nc1. The first kappa shape index (κ1) is 9.15. The van der Waals surface area contributed by atoms with Crippen molar-refractivity contribution in [2.45, 2.75) is 25.4 Å². The van der Waals surface area contributed by atoms with Crippen molar-refractivity contribution in [3.63, 3.8) is 0 Å². The van der Waals surface area contributed by atoms with Gasteiger partial charge in [0.1, 0.15) is 5.69 Å². The average Bonchev–Trinajstić information content (AvgIpc) is 3.02. The maximum absolute atomic E-state index is 11.5. The van der Waals surface area contributed by atoms with Crippen LogP contribution in [0.3, 0.4) is 0 Å². The van der Waals surface area contributed by atoms with Crippen LogP contribution in [0.15, 0.2) is 18.3 Å². The van der Waals surface area contributed by atoms with E-state index in [-0.39, 0.29) is 5.91 Å². The minimum atomic E-state index is -0.0870. The molecule has 0 bridgehead atoms. The smallest absolute Gasteiger partial charge is 0.270 e. The highest BCUT2D eigenvalue weighted by molar-refractivity contribution is 5.92. The number of hydrogen-bond donors (Lipinski definition) is 2. The molecule has 1 aliphatic carbocycles. The molecule has 1 heterocycles.